The summed E-state index contributed by atoms with van der Waals surface area (Å²) in [6.45, 7) is 5.92. The molecule has 0 aromatic heterocycles. The van der Waals surface area contributed by atoms with Crippen LogP contribution in [0.5, 0.6) is 11.5 Å². The van der Waals surface area contributed by atoms with E-state index >= 15 is 0 Å². The Morgan fingerprint density at radius 1 is 1.00 bits per heavy atom. The molecule has 1 fully saturated rings. The Labute approximate surface area is 167 Å². The predicted octanol–water partition coefficient (Wildman–Crippen LogP) is 2.53. The first-order chi connectivity index (χ1) is 13.6. The average Bonchev–Trinajstić information content (AvgIpc) is 2.77. The second-order valence-corrected chi connectivity index (χ2v) is 6.94. The van der Waals surface area contributed by atoms with Crippen LogP contribution in [0.15, 0.2) is 48.5 Å². The number of hydrogen-bond acceptors (Lipinski definition) is 5. The van der Waals surface area contributed by atoms with Crippen LogP contribution in [0.25, 0.3) is 0 Å². The van der Waals surface area contributed by atoms with Crippen LogP contribution in [0.1, 0.15) is 12.5 Å². The van der Waals surface area contributed by atoms with E-state index in [1.54, 1.807) is 14.2 Å². The summed E-state index contributed by atoms with van der Waals surface area (Å²) in [5.74, 6) is 1.76. The van der Waals surface area contributed by atoms with Gasteiger partial charge in [0.2, 0.25) is 5.91 Å². The number of carbonyl (C=O) groups is 1. The molecule has 0 unspecified atom stereocenters. The Morgan fingerprint density at radius 3 is 2.32 bits per heavy atom. The van der Waals surface area contributed by atoms with Crippen molar-refractivity contribution in [3.8, 4) is 11.5 Å². The van der Waals surface area contributed by atoms with Crippen molar-refractivity contribution in [3.63, 3.8) is 0 Å². The molecule has 0 saturated carbocycles. The molecule has 0 spiro atoms. The first kappa shape index (κ1) is 20.0. The van der Waals surface area contributed by atoms with Crippen LogP contribution in [0.2, 0.25) is 0 Å². The largest absolute Gasteiger partial charge is 0.497 e. The number of piperazine rings is 1. The number of methoxy groups -OCH3 is 2. The maximum atomic E-state index is 12.6. The normalized spacial score (nSPS) is 15.8. The highest BCUT2D eigenvalue weighted by molar-refractivity contribution is 5.81. The quantitative estimate of drug-likeness (QED) is 0.796. The average molecular weight is 383 g/mol. The van der Waals surface area contributed by atoms with E-state index in [1.165, 1.54) is 0 Å². The van der Waals surface area contributed by atoms with Gasteiger partial charge in [-0.15, -0.1) is 0 Å². The number of hydrogen-bond donors (Lipinski definition) is 1. The summed E-state index contributed by atoms with van der Waals surface area (Å²) >= 11 is 0. The lowest BCUT2D eigenvalue weighted by Crippen LogP contribution is -2.53. The minimum Gasteiger partial charge on any atom is -0.497 e. The van der Waals surface area contributed by atoms with Gasteiger partial charge in [-0.1, -0.05) is 24.3 Å². The van der Waals surface area contributed by atoms with Gasteiger partial charge in [0.25, 0.3) is 0 Å². The summed E-state index contributed by atoms with van der Waals surface area (Å²) < 4.78 is 10.6. The van der Waals surface area contributed by atoms with Gasteiger partial charge in [0.15, 0.2) is 0 Å². The van der Waals surface area contributed by atoms with Crippen molar-refractivity contribution in [1.29, 1.82) is 0 Å². The predicted molar refractivity (Wildman–Crippen MR) is 111 cm³/mol. The molecule has 1 amide bonds. The van der Waals surface area contributed by atoms with Crippen molar-refractivity contribution in [2.75, 3.05) is 45.3 Å². The molecule has 0 aliphatic carbocycles. The minimum atomic E-state index is -0.155. The Kier molecular flexibility index (Phi) is 6.76. The highest BCUT2D eigenvalue weighted by Gasteiger charge is 2.26. The van der Waals surface area contributed by atoms with Crippen molar-refractivity contribution in [2.45, 2.75) is 19.5 Å². The molecule has 0 radical (unpaired) electrons. The zero-order valence-corrected chi connectivity index (χ0v) is 16.9. The van der Waals surface area contributed by atoms with Gasteiger partial charge >= 0.3 is 0 Å². The second-order valence-electron chi connectivity index (χ2n) is 6.94. The Morgan fingerprint density at radius 2 is 1.68 bits per heavy atom. The van der Waals surface area contributed by atoms with Crippen LogP contribution in [0.3, 0.4) is 0 Å². The van der Waals surface area contributed by atoms with E-state index in [-0.39, 0.29) is 11.9 Å². The van der Waals surface area contributed by atoms with Crippen LogP contribution in [0.4, 0.5) is 5.69 Å². The van der Waals surface area contributed by atoms with Crippen LogP contribution < -0.4 is 19.7 Å². The number of rotatable bonds is 7. The first-order valence-corrected chi connectivity index (χ1v) is 9.65. The summed E-state index contributed by atoms with van der Waals surface area (Å²) in [4.78, 5) is 17.1. The molecule has 6 heteroatoms. The smallest absolute Gasteiger partial charge is 0.237 e. The maximum absolute atomic E-state index is 12.6. The summed E-state index contributed by atoms with van der Waals surface area (Å²) in [7, 11) is 3.34. The zero-order valence-electron chi connectivity index (χ0n) is 16.9. The molecule has 150 valence electrons. The third kappa shape index (κ3) is 4.75. The lowest BCUT2D eigenvalue weighted by molar-refractivity contribution is -0.126. The number of nitrogens with one attached hydrogen (secondary N) is 1. The summed E-state index contributed by atoms with van der Waals surface area (Å²) in [6.07, 6.45) is 0. The summed E-state index contributed by atoms with van der Waals surface area (Å²) in [6, 6.07) is 15.7. The van der Waals surface area contributed by atoms with E-state index in [9.17, 15) is 4.79 Å². The van der Waals surface area contributed by atoms with E-state index in [1.807, 2.05) is 49.4 Å². The Bertz CT molecular complexity index is 771. The van der Waals surface area contributed by atoms with Crippen molar-refractivity contribution in [1.82, 2.24) is 10.2 Å². The van der Waals surface area contributed by atoms with Crippen LogP contribution >= 0.6 is 0 Å². The van der Waals surface area contributed by atoms with Gasteiger partial charge in [0, 0.05) is 32.7 Å². The summed E-state index contributed by atoms with van der Waals surface area (Å²) in [5, 5.41) is 3.04. The Balaban J connectivity index is 1.49. The fourth-order valence-electron chi connectivity index (χ4n) is 3.49. The van der Waals surface area contributed by atoms with Gasteiger partial charge in [0.05, 0.1) is 25.9 Å². The monoisotopic (exact) mass is 383 g/mol. The van der Waals surface area contributed by atoms with Gasteiger partial charge < -0.3 is 19.7 Å². The van der Waals surface area contributed by atoms with E-state index < -0.39 is 0 Å². The third-order valence-corrected chi connectivity index (χ3v) is 5.29. The molecule has 1 saturated heterocycles. The molecule has 2 aromatic carbocycles. The number of para-hydroxylation sites is 2. The van der Waals surface area contributed by atoms with Crippen molar-refractivity contribution < 1.29 is 14.3 Å². The molecule has 3 rings (SSSR count). The highest BCUT2D eigenvalue weighted by atomic mass is 16.5. The number of nitrogens with zero attached hydrogens (tertiary/aromatic N) is 2. The van der Waals surface area contributed by atoms with Gasteiger partial charge in [-0.05, 0) is 36.8 Å². The fourth-order valence-corrected chi connectivity index (χ4v) is 3.49. The van der Waals surface area contributed by atoms with E-state index in [0.29, 0.717) is 6.54 Å². The summed E-state index contributed by atoms with van der Waals surface area (Å²) in [5.41, 5.74) is 2.17. The third-order valence-electron chi connectivity index (χ3n) is 5.29. The van der Waals surface area contributed by atoms with E-state index in [4.69, 9.17) is 9.47 Å². The van der Waals surface area contributed by atoms with Crippen LogP contribution in [-0.2, 0) is 11.3 Å². The number of amides is 1. The number of anilines is 1. The highest BCUT2D eigenvalue weighted by Crippen LogP contribution is 2.28. The lowest BCUT2D eigenvalue weighted by Gasteiger charge is -2.38. The molecule has 0 bridgehead atoms. The van der Waals surface area contributed by atoms with Crippen molar-refractivity contribution in [3.05, 3.63) is 54.1 Å². The maximum Gasteiger partial charge on any atom is 0.237 e. The number of benzene rings is 2. The van der Waals surface area contributed by atoms with Crippen molar-refractivity contribution >= 4 is 11.6 Å². The number of carbonyl (C=O) groups excluding carboxylic acids is 1. The molecule has 1 heterocycles. The fraction of sp³-hybridized carbons (Fsp3) is 0.409. The Hall–Kier alpha value is -2.73. The molecule has 2 aromatic rings. The van der Waals surface area contributed by atoms with Crippen molar-refractivity contribution in [2.24, 2.45) is 0 Å². The van der Waals surface area contributed by atoms with Crippen LogP contribution in [-0.4, -0.2) is 57.2 Å². The second kappa shape index (κ2) is 9.46. The molecular formula is C22H29N3O3. The first-order valence-electron chi connectivity index (χ1n) is 9.65. The van der Waals surface area contributed by atoms with Gasteiger partial charge in [-0.3, -0.25) is 9.69 Å². The topological polar surface area (TPSA) is 54.0 Å². The van der Waals surface area contributed by atoms with Gasteiger partial charge in [-0.25, -0.2) is 0 Å². The molecule has 1 aliphatic heterocycles. The standard InChI is InChI=1S/C22H29N3O3/c1-17(22(26)23-16-18-8-10-19(27-2)11-9-18)24-12-14-25(15-13-24)20-6-4-5-7-21(20)28-3/h4-11,17H,12-16H2,1-3H3,(H,23,26)/t17-/m0/s1. The minimum absolute atomic E-state index is 0.0570. The molecule has 1 atom stereocenters. The van der Waals surface area contributed by atoms with E-state index in [0.717, 1.165) is 48.9 Å². The lowest BCUT2D eigenvalue weighted by atomic mass is 10.1. The van der Waals surface area contributed by atoms with Crippen LogP contribution in [0, 0.1) is 0 Å². The molecule has 6 nitrogen and oxygen atoms in total. The van der Waals surface area contributed by atoms with E-state index in [2.05, 4.69) is 21.2 Å². The molecule has 1 aliphatic rings. The molecular weight excluding hydrogens is 354 g/mol. The van der Waals surface area contributed by atoms with Gasteiger partial charge in [0.1, 0.15) is 11.5 Å². The molecule has 1 N–H and O–H groups in total. The zero-order chi connectivity index (χ0) is 19.9. The SMILES string of the molecule is COc1ccc(CNC(=O)[C@H](C)N2CCN(c3ccccc3OC)CC2)cc1. The van der Waals surface area contributed by atoms with Gasteiger partial charge in [-0.2, -0.15) is 0 Å². The molecule has 28 heavy (non-hydrogen) atoms. The number of ether oxygens (including phenoxy) is 2.